The van der Waals surface area contributed by atoms with Crippen molar-refractivity contribution < 1.29 is 9.15 Å². The summed E-state index contributed by atoms with van der Waals surface area (Å²) in [6.07, 6.45) is 4.17. The van der Waals surface area contributed by atoms with Crippen LogP contribution in [0.3, 0.4) is 0 Å². The SMILES string of the molecule is Cc1ccc(C=Nn2c(-c3cc(C)c(C)cc3C)csc2=NCC2CCCO2)o1. The molecule has 0 aliphatic carbocycles. The van der Waals surface area contributed by atoms with Gasteiger partial charge in [-0.3, -0.25) is 4.99 Å². The summed E-state index contributed by atoms with van der Waals surface area (Å²) in [5.74, 6) is 1.60. The molecule has 0 radical (unpaired) electrons. The Labute approximate surface area is 175 Å². The summed E-state index contributed by atoms with van der Waals surface area (Å²) in [7, 11) is 0. The zero-order valence-electron chi connectivity index (χ0n) is 17.4. The van der Waals surface area contributed by atoms with Crippen LogP contribution in [0.25, 0.3) is 11.3 Å². The third-order valence-electron chi connectivity index (χ3n) is 5.32. The van der Waals surface area contributed by atoms with E-state index in [-0.39, 0.29) is 6.10 Å². The largest absolute Gasteiger partial charge is 0.460 e. The van der Waals surface area contributed by atoms with Gasteiger partial charge in [-0.2, -0.15) is 5.10 Å². The van der Waals surface area contributed by atoms with Crippen LogP contribution in [0.4, 0.5) is 0 Å². The quantitative estimate of drug-likeness (QED) is 0.557. The molecule has 0 saturated carbocycles. The summed E-state index contributed by atoms with van der Waals surface area (Å²) in [6, 6.07) is 8.34. The molecule has 2 aromatic heterocycles. The smallest absolute Gasteiger partial charge is 0.206 e. The van der Waals surface area contributed by atoms with Gasteiger partial charge < -0.3 is 9.15 Å². The van der Waals surface area contributed by atoms with Gasteiger partial charge in [0.15, 0.2) is 0 Å². The average molecular weight is 410 g/mol. The number of furan rings is 1. The Bertz CT molecular complexity index is 1100. The van der Waals surface area contributed by atoms with Crippen molar-refractivity contribution in [3.05, 3.63) is 62.7 Å². The third-order valence-corrected chi connectivity index (χ3v) is 6.17. The van der Waals surface area contributed by atoms with E-state index >= 15 is 0 Å². The number of benzene rings is 1. The van der Waals surface area contributed by atoms with E-state index in [0.29, 0.717) is 6.54 Å². The maximum Gasteiger partial charge on any atom is 0.206 e. The highest BCUT2D eigenvalue weighted by Gasteiger charge is 2.16. The Morgan fingerprint density at radius 1 is 1.14 bits per heavy atom. The topological polar surface area (TPSA) is 52.0 Å². The van der Waals surface area contributed by atoms with Crippen LogP contribution in [0, 0.1) is 27.7 Å². The normalized spacial score (nSPS) is 17.7. The molecule has 6 heteroatoms. The van der Waals surface area contributed by atoms with Crippen LogP contribution in [0.1, 0.15) is 41.1 Å². The maximum absolute atomic E-state index is 5.73. The number of aromatic nitrogens is 1. The van der Waals surface area contributed by atoms with E-state index < -0.39 is 0 Å². The fourth-order valence-corrected chi connectivity index (χ4v) is 4.39. The lowest BCUT2D eigenvalue weighted by atomic mass is 9.99. The van der Waals surface area contributed by atoms with Gasteiger partial charge in [0.25, 0.3) is 0 Å². The number of ether oxygens (including phenoxy) is 1. The van der Waals surface area contributed by atoms with Gasteiger partial charge in [0.1, 0.15) is 11.5 Å². The second kappa shape index (κ2) is 8.51. The molecule has 152 valence electrons. The van der Waals surface area contributed by atoms with E-state index in [1.807, 2.05) is 23.7 Å². The lowest BCUT2D eigenvalue weighted by molar-refractivity contribution is 0.117. The number of nitrogens with zero attached hydrogens (tertiary/aromatic N) is 3. The minimum absolute atomic E-state index is 0.217. The Kier molecular flexibility index (Phi) is 5.83. The minimum Gasteiger partial charge on any atom is -0.460 e. The summed E-state index contributed by atoms with van der Waals surface area (Å²) in [6.45, 7) is 9.88. The predicted molar refractivity (Wildman–Crippen MR) is 118 cm³/mol. The highest BCUT2D eigenvalue weighted by Crippen LogP contribution is 2.27. The highest BCUT2D eigenvalue weighted by molar-refractivity contribution is 7.07. The molecule has 1 atom stereocenters. The molecule has 0 spiro atoms. The molecule has 1 saturated heterocycles. The van der Waals surface area contributed by atoms with Crippen molar-refractivity contribution in [2.24, 2.45) is 10.1 Å². The molecular formula is C23H27N3O2S. The Morgan fingerprint density at radius 3 is 2.69 bits per heavy atom. The van der Waals surface area contributed by atoms with Crippen molar-refractivity contribution in [1.29, 1.82) is 0 Å². The minimum atomic E-state index is 0.217. The fourth-order valence-electron chi connectivity index (χ4n) is 3.55. The molecule has 0 bridgehead atoms. The van der Waals surface area contributed by atoms with Gasteiger partial charge in [-0.15, -0.1) is 11.3 Å². The van der Waals surface area contributed by atoms with Crippen LogP contribution in [0.15, 0.2) is 44.2 Å². The van der Waals surface area contributed by atoms with Gasteiger partial charge in [-0.1, -0.05) is 6.07 Å². The molecule has 0 N–H and O–H groups in total. The molecule has 3 heterocycles. The molecule has 1 aliphatic rings. The first-order valence-corrected chi connectivity index (χ1v) is 10.9. The van der Waals surface area contributed by atoms with Crippen molar-refractivity contribution in [2.75, 3.05) is 13.2 Å². The number of hydrogen-bond acceptors (Lipinski definition) is 5. The zero-order chi connectivity index (χ0) is 20.4. The van der Waals surface area contributed by atoms with Crippen LogP contribution < -0.4 is 4.80 Å². The molecule has 1 fully saturated rings. The molecule has 1 aromatic carbocycles. The van der Waals surface area contributed by atoms with Crippen molar-refractivity contribution in [3.63, 3.8) is 0 Å². The second-order valence-corrected chi connectivity index (χ2v) is 8.47. The van der Waals surface area contributed by atoms with Crippen molar-refractivity contribution in [2.45, 2.75) is 46.6 Å². The first kappa shape index (κ1) is 19.9. The van der Waals surface area contributed by atoms with Crippen LogP contribution in [0.5, 0.6) is 0 Å². The van der Waals surface area contributed by atoms with Gasteiger partial charge in [0.2, 0.25) is 4.80 Å². The monoisotopic (exact) mass is 409 g/mol. The Hall–Kier alpha value is -2.44. The summed E-state index contributed by atoms with van der Waals surface area (Å²) < 4.78 is 13.3. The van der Waals surface area contributed by atoms with E-state index in [9.17, 15) is 0 Å². The van der Waals surface area contributed by atoms with Crippen LogP contribution >= 0.6 is 11.3 Å². The van der Waals surface area contributed by atoms with Gasteiger partial charge >= 0.3 is 0 Å². The van der Waals surface area contributed by atoms with Gasteiger partial charge in [0, 0.05) is 17.6 Å². The van der Waals surface area contributed by atoms with Crippen LogP contribution in [-0.4, -0.2) is 30.1 Å². The molecule has 29 heavy (non-hydrogen) atoms. The Morgan fingerprint density at radius 2 is 1.97 bits per heavy atom. The third kappa shape index (κ3) is 4.43. The molecular weight excluding hydrogens is 382 g/mol. The van der Waals surface area contributed by atoms with E-state index in [0.717, 1.165) is 41.5 Å². The fraction of sp³-hybridized carbons (Fsp3) is 0.391. The molecule has 0 amide bonds. The first-order valence-electron chi connectivity index (χ1n) is 10.0. The number of aryl methyl sites for hydroxylation is 4. The van der Waals surface area contributed by atoms with Crippen molar-refractivity contribution in [3.8, 4) is 11.3 Å². The molecule has 5 nitrogen and oxygen atoms in total. The molecule has 1 aliphatic heterocycles. The van der Waals surface area contributed by atoms with E-state index in [4.69, 9.17) is 19.2 Å². The number of thiazole rings is 1. The lowest BCUT2D eigenvalue weighted by Gasteiger charge is -2.10. The number of rotatable bonds is 5. The summed E-state index contributed by atoms with van der Waals surface area (Å²) in [4.78, 5) is 5.70. The van der Waals surface area contributed by atoms with Crippen LogP contribution in [0.2, 0.25) is 0 Å². The standard InChI is InChI=1S/C23H27N3O2S/c1-15-10-17(3)21(11-16(15)2)22-14-29-23(24-12-19-6-5-9-27-19)26(22)25-13-20-8-7-18(4)28-20/h7-8,10-11,13-14,19H,5-6,9,12H2,1-4H3. The van der Waals surface area contributed by atoms with E-state index in [1.54, 1.807) is 17.6 Å². The summed E-state index contributed by atoms with van der Waals surface area (Å²) in [5, 5.41) is 6.87. The van der Waals surface area contributed by atoms with E-state index in [1.165, 1.54) is 22.3 Å². The maximum atomic E-state index is 5.73. The van der Waals surface area contributed by atoms with Crippen LogP contribution in [-0.2, 0) is 4.74 Å². The van der Waals surface area contributed by atoms with Gasteiger partial charge in [-0.25, -0.2) is 4.68 Å². The summed E-state index contributed by atoms with van der Waals surface area (Å²) >= 11 is 1.61. The Balaban J connectivity index is 1.77. The van der Waals surface area contributed by atoms with E-state index in [2.05, 4.69) is 38.3 Å². The second-order valence-electron chi connectivity index (χ2n) is 7.64. The zero-order valence-corrected chi connectivity index (χ0v) is 18.3. The van der Waals surface area contributed by atoms with Gasteiger partial charge in [0.05, 0.1) is 24.6 Å². The first-order chi connectivity index (χ1) is 14.0. The number of hydrogen-bond donors (Lipinski definition) is 0. The lowest BCUT2D eigenvalue weighted by Crippen LogP contribution is -2.17. The average Bonchev–Trinajstić information content (AvgIpc) is 3.42. The molecule has 4 rings (SSSR count). The molecule has 1 unspecified atom stereocenters. The molecule has 3 aromatic rings. The van der Waals surface area contributed by atoms with Crippen molar-refractivity contribution >= 4 is 17.6 Å². The highest BCUT2D eigenvalue weighted by atomic mass is 32.1. The summed E-state index contributed by atoms with van der Waals surface area (Å²) in [5.41, 5.74) is 6.02. The predicted octanol–water partition coefficient (Wildman–Crippen LogP) is 5.01. The van der Waals surface area contributed by atoms with Crippen molar-refractivity contribution in [1.82, 2.24) is 4.68 Å². The van der Waals surface area contributed by atoms with Gasteiger partial charge in [-0.05, 0) is 75.4 Å².